The highest BCUT2D eigenvalue weighted by Crippen LogP contribution is 2.26. The first-order chi connectivity index (χ1) is 19.7. The van der Waals surface area contributed by atoms with E-state index in [1.807, 2.05) is 54.6 Å². The number of anilines is 1. The molecule has 0 aliphatic heterocycles. The lowest BCUT2D eigenvalue weighted by Crippen LogP contribution is -2.25. The summed E-state index contributed by atoms with van der Waals surface area (Å²) in [5.41, 5.74) is 1.90. The van der Waals surface area contributed by atoms with Crippen LogP contribution >= 0.6 is 23.1 Å². The Hall–Kier alpha value is -4.11. The molecule has 0 saturated heterocycles. The van der Waals surface area contributed by atoms with Crippen LogP contribution < -0.4 is 10.6 Å². The molecule has 0 spiro atoms. The maximum Gasteiger partial charge on any atom is 0.251 e. The van der Waals surface area contributed by atoms with Gasteiger partial charge >= 0.3 is 0 Å². The van der Waals surface area contributed by atoms with Crippen LogP contribution in [0.25, 0.3) is 15.9 Å². The van der Waals surface area contributed by atoms with Gasteiger partial charge in [0.1, 0.15) is 0 Å². The number of hydrogen-bond donors (Lipinski definition) is 2. The van der Waals surface area contributed by atoms with Crippen LogP contribution in [-0.4, -0.2) is 64.1 Å². The molecule has 14 heteroatoms. The van der Waals surface area contributed by atoms with Gasteiger partial charge in [-0.1, -0.05) is 53.4 Å². The lowest BCUT2D eigenvalue weighted by atomic mass is 10.2. The van der Waals surface area contributed by atoms with Crippen LogP contribution in [0.3, 0.4) is 0 Å². The normalized spacial score (nSPS) is 11.6. The van der Waals surface area contributed by atoms with E-state index in [0.29, 0.717) is 21.7 Å². The topological polar surface area (TPSA) is 139 Å². The number of fused-ring (bicyclic) bond motifs is 1. The van der Waals surface area contributed by atoms with Crippen LogP contribution in [0.4, 0.5) is 5.13 Å². The Labute approximate surface area is 244 Å². The number of thiazole rings is 1. The monoisotopic (exact) mass is 607 g/mol. The van der Waals surface area contributed by atoms with Gasteiger partial charge in [0.25, 0.3) is 5.91 Å². The lowest BCUT2D eigenvalue weighted by molar-refractivity contribution is -0.113. The summed E-state index contributed by atoms with van der Waals surface area (Å²) in [6, 6.07) is 22.7. The fraction of sp³-hybridized carbons (Fsp3) is 0.148. The van der Waals surface area contributed by atoms with E-state index in [2.05, 4.69) is 25.8 Å². The molecule has 0 fully saturated rings. The first-order valence-corrected chi connectivity index (χ1v) is 15.6. The number of para-hydroxylation sites is 2. The molecule has 2 heterocycles. The van der Waals surface area contributed by atoms with Crippen molar-refractivity contribution in [3.63, 3.8) is 0 Å². The van der Waals surface area contributed by atoms with Crippen molar-refractivity contribution in [3.05, 3.63) is 90.3 Å². The number of nitrogens with one attached hydrogen (secondary N) is 2. The van der Waals surface area contributed by atoms with Crippen LogP contribution in [0.15, 0.2) is 88.9 Å². The number of carbonyl (C=O) groups is 2. The highest BCUT2D eigenvalue weighted by molar-refractivity contribution is 7.99. The van der Waals surface area contributed by atoms with E-state index in [1.54, 1.807) is 4.57 Å². The van der Waals surface area contributed by atoms with Crippen molar-refractivity contribution in [1.29, 1.82) is 0 Å². The quantitative estimate of drug-likeness (QED) is 0.229. The van der Waals surface area contributed by atoms with Gasteiger partial charge in [-0.25, -0.2) is 17.7 Å². The molecule has 41 heavy (non-hydrogen) atoms. The second-order valence-corrected chi connectivity index (χ2v) is 13.0. The third kappa shape index (κ3) is 6.46. The standard InChI is InChI=1S/C27H25N7O4S3/c1-33(2)41(37,38)20-14-12-18(13-15-20)25(36)28-16-23-31-32-27(34(23)19-8-4-3-5-9-19)39-17-24(35)30-26-29-21-10-6-7-11-22(21)40-26/h3-15H,16-17H2,1-2H3,(H,28,36)(H,29,30,35). The number of rotatable bonds is 10. The van der Waals surface area contributed by atoms with Crippen LogP contribution in [0, 0.1) is 0 Å². The number of carbonyl (C=O) groups excluding carboxylic acids is 2. The van der Waals surface area contributed by atoms with Gasteiger partial charge in [-0.05, 0) is 48.5 Å². The Morgan fingerprint density at radius 3 is 2.37 bits per heavy atom. The molecule has 5 rings (SSSR count). The molecule has 11 nitrogen and oxygen atoms in total. The minimum Gasteiger partial charge on any atom is -0.345 e. The Bertz CT molecular complexity index is 1770. The molecule has 0 bridgehead atoms. The van der Waals surface area contributed by atoms with E-state index in [-0.39, 0.29) is 23.1 Å². The first kappa shape index (κ1) is 28.4. The van der Waals surface area contributed by atoms with Crippen molar-refractivity contribution in [3.8, 4) is 5.69 Å². The predicted molar refractivity (Wildman–Crippen MR) is 159 cm³/mol. The molecule has 3 aromatic carbocycles. The van der Waals surface area contributed by atoms with E-state index in [0.717, 1.165) is 20.2 Å². The summed E-state index contributed by atoms with van der Waals surface area (Å²) in [5, 5.41) is 15.2. The SMILES string of the molecule is CN(C)S(=O)(=O)c1ccc(C(=O)NCc2nnc(SCC(=O)Nc3nc4ccccc4s3)n2-c2ccccc2)cc1. The van der Waals surface area contributed by atoms with Gasteiger partial charge in [-0.2, -0.15) is 0 Å². The van der Waals surface area contributed by atoms with Gasteiger partial charge < -0.3 is 10.6 Å². The molecular weight excluding hydrogens is 583 g/mol. The van der Waals surface area contributed by atoms with Crippen molar-refractivity contribution in [1.82, 2.24) is 29.4 Å². The minimum atomic E-state index is -3.60. The predicted octanol–water partition coefficient (Wildman–Crippen LogP) is 3.79. The number of amides is 2. The highest BCUT2D eigenvalue weighted by Gasteiger charge is 2.19. The number of benzene rings is 3. The van der Waals surface area contributed by atoms with E-state index < -0.39 is 15.9 Å². The molecule has 0 atom stereocenters. The zero-order valence-electron chi connectivity index (χ0n) is 22.0. The van der Waals surface area contributed by atoms with Crippen molar-refractivity contribution in [2.24, 2.45) is 0 Å². The smallest absolute Gasteiger partial charge is 0.251 e. The summed E-state index contributed by atoms with van der Waals surface area (Å²) in [7, 11) is -0.708. The second kappa shape index (κ2) is 12.2. The largest absolute Gasteiger partial charge is 0.345 e. The molecule has 2 amide bonds. The molecule has 2 aromatic heterocycles. The van der Waals surface area contributed by atoms with Crippen LogP contribution in [0.5, 0.6) is 0 Å². The molecular formula is C27H25N7O4S3. The van der Waals surface area contributed by atoms with Crippen molar-refractivity contribution >= 4 is 60.3 Å². The Morgan fingerprint density at radius 2 is 1.66 bits per heavy atom. The average Bonchev–Trinajstić information content (AvgIpc) is 3.58. The molecule has 0 unspecified atom stereocenters. The lowest BCUT2D eigenvalue weighted by Gasteiger charge is -2.12. The van der Waals surface area contributed by atoms with Gasteiger partial charge in [0.05, 0.1) is 27.4 Å². The van der Waals surface area contributed by atoms with Crippen LogP contribution in [-0.2, 0) is 21.4 Å². The first-order valence-electron chi connectivity index (χ1n) is 12.3. The fourth-order valence-corrected chi connectivity index (χ4v) is 6.36. The van der Waals surface area contributed by atoms with E-state index in [1.165, 1.54) is 61.5 Å². The molecule has 0 aliphatic rings. The maximum atomic E-state index is 12.8. The van der Waals surface area contributed by atoms with Crippen molar-refractivity contribution < 1.29 is 18.0 Å². The zero-order chi connectivity index (χ0) is 29.0. The van der Waals surface area contributed by atoms with E-state index in [9.17, 15) is 18.0 Å². The van der Waals surface area contributed by atoms with E-state index >= 15 is 0 Å². The summed E-state index contributed by atoms with van der Waals surface area (Å²) in [5.74, 6) is -0.0855. The molecule has 2 N–H and O–H groups in total. The van der Waals surface area contributed by atoms with Crippen LogP contribution in [0.1, 0.15) is 16.2 Å². The minimum absolute atomic E-state index is 0.0525. The van der Waals surface area contributed by atoms with Gasteiger partial charge in [0.15, 0.2) is 16.1 Å². The molecule has 0 saturated carbocycles. The number of nitrogens with zero attached hydrogens (tertiary/aromatic N) is 5. The average molecular weight is 608 g/mol. The second-order valence-electron chi connectivity index (χ2n) is 8.89. The third-order valence-electron chi connectivity index (χ3n) is 5.89. The Kier molecular flexibility index (Phi) is 8.44. The Balaban J connectivity index is 1.27. The summed E-state index contributed by atoms with van der Waals surface area (Å²) in [6.07, 6.45) is 0. The molecule has 210 valence electrons. The van der Waals surface area contributed by atoms with Gasteiger partial charge in [-0.3, -0.25) is 14.2 Å². The van der Waals surface area contributed by atoms with E-state index in [4.69, 9.17) is 0 Å². The van der Waals surface area contributed by atoms with Crippen molar-refractivity contribution in [2.75, 3.05) is 25.2 Å². The van der Waals surface area contributed by atoms with Gasteiger partial charge in [0.2, 0.25) is 15.9 Å². The number of thioether (sulfide) groups is 1. The molecule has 5 aromatic rings. The fourth-order valence-electron chi connectivity index (χ4n) is 3.81. The van der Waals surface area contributed by atoms with Gasteiger partial charge in [-0.15, -0.1) is 10.2 Å². The third-order valence-corrected chi connectivity index (χ3v) is 9.60. The van der Waals surface area contributed by atoms with Crippen molar-refractivity contribution in [2.45, 2.75) is 16.6 Å². The molecule has 0 aliphatic carbocycles. The summed E-state index contributed by atoms with van der Waals surface area (Å²) < 4.78 is 28.5. The highest BCUT2D eigenvalue weighted by atomic mass is 32.2. The molecule has 0 radical (unpaired) electrons. The number of aromatic nitrogens is 4. The number of hydrogen-bond acceptors (Lipinski definition) is 9. The zero-order valence-corrected chi connectivity index (χ0v) is 24.5. The maximum absolute atomic E-state index is 12.8. The summed E-state index contributed by atoms with van der Waals surface area (Å²) in [4.78, 5) is 30.1. The summed E-state index contributed by atoms with van der Waals surface area (Å²) >= 11 is 2.62. The van der Waals surface area contributed by atoms with Crippen LogP contribution in [0.2, 0.25) is 0 Å². The van der Waals surface area contributed by atoms with Gasteiger partial charge in [0, 0.05) is 25.3 Å². The number of sulfonamides is 1. The Morgan fingerprint density at radius 1 is 0.951 bits per heavy atom. The summed E-state index contributed by atoms with van der Waals surface area (Å²) in [6.45, 7) is 0.0525.